The Bertz CT molecular complexity index is 314. The molecular weight excluding hydrogens is 238 g/mol. The number of hydrogen-bond acceptors (Lipinski definition) is 3. The number of rotatable bonds is 5. The van der Waals surface area contributed by atoms with Crippen LogP contribution in [0.4, 0.5) is 0 Å². The standard InChI is InChI=1S/C16H31NO2/c1-7-13(4)17-16(14(18)19-8-2)10-9-15(5,6)11-12(16)3/h12-13,17H,7-11H2,1-6H3. The fraction of sp³-hybridized carbons (Fsp3) is 0.938. The van der Waals surface area contributed by atoms with Gasteiger partial charge in [-0.15, -0.1) is 0 Å². The highest BCUT2D eigenvalue weighted by molar-refractivity contribution is 5.81. The summed E-state index contributed by atoms with van der Waals surface area (Å²) in [5.41, 5.74) is -0.159. The van der Waals surface area contributed by atoms with Gasteiger partial charge in [-0.1, -0.05) is 27.7 Å². The number of ether oxygens (including phenoxy) is 1. The quantitative estimate of drug-likeness (QED) is 0.776. The SMILES string of the molecule is CCOC(=O)C1(NC(C)CC)CCC(C)(C)CC1C. The van der Waals surface area contributed by atoms with E-state index in [-0.39, 0.29) is 5.97 Å². The second-order valence-corrected chi connectivity index (χ2v) is 6.91. The van der Waals surface area contributed by atoms with Crippen molar-refractivity contribution in [3.63, 3.8) is 0 Å². The second kappa shape index (κ2) is 6.25. The fourth-order valence-corrected chi connectivity index (χ4v) is 3.27. The van der Waals surface area contributed by atoms with E-state index in [9.17, 15) is 4.79 Å². The summed E-state index contributed by atoms with van der Waals surface area (Å²) in [5, 5.41) is 3.58. The Morgan fingerprint density at radius 2 is 2.00 bits per heavy atom. The zero-order valence-corrected chi connectivity index (χ0v) is 13.5. The van der Waals surface area contributed by atoms with Gasteiger partial charge in [0.15, 0.2) is 0 Å². The molecule has 0 aromatic heterocycles. The van der Waals surface area contributed by atoms with Gasteiger partial charge in [-0.05, 0) is 50.9 Å². The number of carbonyl (C=O) groups is 1. The first-order valence-electron chi connectivity index (χ1n) is 7.72. The predicted molar refractivity (Wildman–Crippen MR) is 79.0 cm³/mol. The summed E-state index contributed by atoms with van der Waals surface area (Å²) in [5.74, 6) is 0.252. The van der Waals surface area contributed by atoms with E-state index in [0.717, 1.165) is 25.7 Å². The molecule has 1 rings (SSSR count). The van der Waals surface area contributed by atoms with Crippen LogP contribution in [0.5, 0.6) is 0 Å². The Balaban J connectivity index is 2.96. The lowest BCUT2D eigenvalue weighted by molar-refractivity contribution is -0.157. The van der Waals surface area contributed by atoms with Crippen LogP contribution in [0.25, 0.3) is 0 Å². The molecule has 3 nitrogen and oxygen atoms in total. The lowest BCUT2D eigenvalue weighted by Gasteiger charge is -2.48. The maximum absolute atomic E-state index is 12.5. The van der Waals surface area contributed by atoms with Gasteiger partial charge in [0.1, 0.15) is 5.54 Å². The summed E-state index contributed by atoms with van der Waals surface area (Å²) in [7, 11) is 0. The fourth-order valence-electron chi connectivity index (χ4n) is 3.27. The summed E-state index contributed by atoms with van der Waals surface area (Å²) in [6.07, 6.45) is 4.04. The molecule has 112 valence electrons. The molecule has 1 N–H and O–H groups in total. The number of esters is 1. The van der Waals surface area contributed by atoms with Gasteiger partial charge in [0.2, 0.25) is 0 Å². The Hall–Kier alpha value is -0.570. The molecule has 3 atom stereocenters. The van der Waals surface area contributed by atoms with Gasteiger partial charge in [0.05, 0.1) is 6.61 Å². The van der Waals surface area contributed by atoms with Crippen molar-refractivity contribution >= 4 is 5.97 Å². The third-order valence-corrected chi connectivity index (χ3v) is 4.65. The third kappa shape index (κ3) is 3.71. The zero-order chi connectivity index (χ0) is 14.7. The van der Waals surface area contributed by atoms with Crippen LogP contribution >= 0.6 is 0 Å². The molecule has 1 fully saturated rings. The van der Waals surface area contributed by atoms with E-state index in [1.165, 1.54) is 0 Å². The molecule has 0 aromatic carbocycles. The maximum Gasteiger partial charge on any atom is 0.326 e. The molecule has 0 radical (unpaired) electrons. The normalized spacial score (nSPS) is 31.8. The summed E-state index contributed by atoms with van der Waals surface area (Å²) in [6.45, 7) is 13.4. The van der Waals surface area contributed by atoms with Crippen molar-refractivity contribution in [3.8, 4) is 0 Å². The number of hydrogen-bond donors (Lipinski definition) is 1. The first kappa shape index (κ1) is 16.5. The van der Waals surface area contributed by atoms with E-state index in [0.29, 0.717) is 24.0 Å². The van der Waals surface area contributed by atoms with Gasteiger partial charge in [-0.3, -0.25) is 10.1 Å². The molecule has 3 unspecified atom stereocenters. The number of carbonyl (C=O) groups excluding carboxylic acids is 1. The van der Waals surface area contributed by atoms with Crippen LogP contribution in [0.3, 0.4) is 0 Å². The van der Waals surface area contributed by atoms with Crippen LogP contribution in [0.2, 0.25) is 0 Å². The summed E-state index contributed by atoms with van der Waals surface area (Å²) in [4.78, 5) is 12.5. The minimum absolute atomic E-state index is 0.0571. The summed E-state index contributed by atoms with van der Waals surface area (Å²) in [6, 6.07) is 0.341. The minimum atomic E-state index is -0.485. The van der Waals surface area contributed by atoms with Crippen LogP contribution in [-0.4, -0.2) is 24.2 Å². The van der Waals surface area contributed by atoms with Crippen LogP contribution in [0, 0.1) is 11.3 Å². The van der Waals surface area contributed by atoms with Crippen LogP contribution in [-0.2, 0) is 9.53 Å². The number of nitrogens with one attached hydrogen (secondary N) is 1. The molecule has 0 aliphatic heterocycles. The average Bonchev–Trinajstić information content (AvgIpc) is 2.32. The highest BCUT2D eigenvalue weighted by Crippen LogP contribution is 2.44. The Labute approximate surface area is 118 Å². The van der Waals surface area contributed by atoms with Crippen molar-refractivity contribution in [2.24, 2.45) is 11.3 Å². The molecule has 0 amide bonds. The van der Waals surface area contributed by atoms with Crippen molar-refractivity contribution in [1.29, 1.82) is 0 Å². The Morgan fingerprint density at radius 1 is 1.37 bits per heavy atom. The molecule has 0 bridgehead atoms. The molecule has 3 heteroatoms. The lowest BCUT2D eigenvalue weighted by Crippen LogP contribution is -2.62. The minimum Gasteiger partial charge on any atom is -0.465 e. The molecule has 0 heterocycles. The van der Waals surface area contributed by atoms with Gasteiger partial charge >= 0.3 is 5.97 Å². The van der Waals surface area contributed by atoms with Gasteiger partial charge < -0.3 is 4.74 Å². The van der Waals surface area contributed by atoms with E-state index in [1.807, 2.05) is 6.92 Å². The largest absolute Gasteiger partial charge is 0.465 e. The molecular formula is C16H31NO2. The summed E-state index contributed by atoms with van der Waals surface area (Å²) >= 11 is 0. The van der Waals surface area contributed by atoms with Gasteiger partial charge in [0.25, 0.3) is 0 Å². The van der Waals surface area contributed by atoms with Crippen molar-refractivity contribution in [2.45, 2.75) is 78.8 Å². The molecule has 1 aliphatic rings. The smallest absolute Gasteiger partial charge is 0.326 e. The topological polar surface area (TPSA) is 38.3 Å². The van der Waals surface area contributed by atoms with Crippen LogP contribution in [0.1, 0.15) is 67.2 Å². The molecule has 1 aliphatic carbocycles. The van der Waals surface area contributed by atoms with Crippen molar-refractivity contribution < 1.29 is 9.53 Å². The van der Waals surface area contributed by atoms with E-state index in [4.69, 9.17) is 4.74 Å². The first-order chi connectivity index (χ1) is 8.77. The molecule has 0 spiro atoms. The van der Waals surface area contributed by atoms with Gasteiger partial charge in [-0.2, -0.15) is 0 Å². The predicted octanol–water partition coefficient (Wildman–Crippen LogP) is 3.52. The summed E-state index contributed by atoms with van der Waals surface area (Å²) < 4.78 is 5.37. The molecule has 1 saturated carbocycles. The average molecular weight is 269 g/mol. The van der Waals surface area contributed by atoms with Crippen molar-refractivity contribution in [3.05, 3.63) is 0 Å². The second-order valence-electron chi connectivity index (χ2n) is 6.91. The first-order valence-corrected chi connectivity index (χ1v) is 7.72. The van der Waals surface area contributed by atoms with Gasteiger partial charge in [-0.25, -0.2) is 0 Å². The Morgan fingerprint density at radius 3 is 2.47 bits per heavy atom. The molecule has 19 heavy (non-hydrogen) atoms. The molecule has 0 aromatic rings. The van der Waals surface area contributed by atoms with E-state index < -0.39 is 5.54 Å². The van der Waals surface area contributed by atoms with E-state index >= 15 is 0 Å². The highest BCUT2D eigenvalue weighted by Gasteiger charge is 2.50. The van der Waals surface area contributed by atoms with Crippen molar-refractivity contribution in [1.82, 2.24) is 5.32 Å². The van der Waals surface area contributed by atoms with E-state index in [2.05, 4.69) is 39.9 Å². The monoisotopic (exact) mass is 269 g/mol. The Kier molecular flexibility index (Phi) is 5.43. The van der Waals surface area contributed by atoms with Crippen LogP contribution in [0.15, 0.2) is 0 Å². The maximum atomic E-state index is 12.5. The lowest BCUT2D eigenvalue weighted by atomic mass is 9.63. The van der Waals surface area contributed by atoms with Crippen molar-refractivity contribution in [2.75, 3.05) is 6.61 Å². The molecule has 0 saturated heterocycles. The third-order valence-electron chi connectivity index (χ3n) is 4.65. The van der Waals surface area contributed by atoms with E-state index in [1.54, 1.807) is 0 Å². The van der Waals surface area contributed by atoms with Gasteiger partial charge in [0, 0.05) is 6.04 Å². The zero-order valence-electron chi connectivity index (χ0n) is 13.5. The highest BCUT2D eigenvalue weighted by atomic mass is 16.5. The van der Waals surface area contributed by atoms with Crippen LogP contribution < -0.4 is 5.32 Å².